The fourth-order valence-corrected chi connectivity index (χ4v) is 2.02. The SMILES string of the molecule is NC(=S)c1ccc(NC2CCOC2)c(Cl)c1. The lowest BCUT2D eigenvalue weighted by molar-refractivity contribution is 0.195. The minimum Gasteiger partial charge on any atom is -0.389 e. The monoisotopic (exact) mass is 256 g/mol. The van der Waals surface area contributed by atoms with E-state index >= 15 is 0 Å². The third kappa shape index (κ3) is 2.64. The molecule has 5 heteroatoms. The van der Waals surface area contributed by atoms with E-state index in [2.05, 4.69) is 5.32 Å². The molecule has 0 bridgehead atoms. The Labute approximate surface area is 105 Å². The van der Waals surface area contributed by atoms with Crippen molar-refractivity contribution < 1.29 is 4.74 Å². The normalized spacial score (nSPS) is 19.7. The van der Waals surface area contributed by atoms with Crippen molar-refractivity contribution in [3.63, 3.8) is 0 Å². The Morgan fingerprint density at radius 2 is 2.38 bits per heavy atom. The minimum atomic E-state index is 0.341. The Balaban J connectivity index is 2.12. The van der Waals surface area contributed by atoms with Gasteiger partial charge in [0.05, 0.1) is 23.4 Å². The molecule has 1 saturated heterocycles. The number of halogens is 1. The Hall–Kier alpha value is -0.840. The fraction of sp³-hybridized carbons (Fsp3) is 0.364. The lowest BCUT2D eigenvalue weighted by atomic mass is 10.2. The fourth-order valence-electron chi connectivity index (χ4n) is 1.65. The van der Waals surface area contributed by atoms with Crippen molar-refractivity contribution in [2.75, 3.05) is 18.5 Å². The van der Waals surface area contributed by atoms with Crippen molar-refractivity contribution in [3.05, 3.63) is 28.8 Å². The zero-order valence-electron chi connectivity index (χ0n) is 8.70. The van der Waals surface area contributed by atoms with Crippen LogP contribution >= 0.6 is 23.8 Å². The molecule has 0 saturated carbocycles. The molecule has 2 rings (SSSR count). The number of hydrogen-bond acceptors (Lipinski definition) is 3. The van der Waals surface area contributed by atoms with E-state index in [4.69, 9.17) is 34.3 Å². The molecule has 1 unspecified atom stereocenters. The van der Waals surface area contributed by atoms with E-state index in [0.29, 0.717) is 16.1 Å². The zero-order valence-corrected chi connectivity index (χ0v) is 10.3. The highest BCUT2D eigenvalue weighted by molar-refractivity contribution is 7.80. The Kier molecular flexibility index (Phi) is 3.63. The second-order valence-electron chi connectivity index (χ2n) is 3.76. The van der Waals surface area contributed by atoms with Gasteiger partial charge in [-0.2, -0.15) is 0 Å². The summed E-state index contributed by atoms with van der Waals surface area (Å²) in [6, 6.07) is 5.89. The molecule has 3 nitrogen and oxygen atoms in total. The molecule has 0 radical (unpaired) electrons. The number of benzene rings is 1. The van der Waals surface area contributed by atoms with E-state index in [9.17, 15) is 0 Å². The van der Waals surface area contributed by atoms with Gasteiger partial charge in [0.2, 0.25) is 0 Å². The summed E-state index contributed by atoms with van der Waals surface area (Å²) in [5.41, 5.74) is 7.21. The van der Waals surface area contributed by atoms with Crippen LogP contribution in [0.3, 0.4) is 0 Å². The first kappa shape index (κ1) is 11.6. The summed E-state index contributed by atoms with van der Waals surface area (Å²) in [5.74, 6) is 0. The molecule has 1 fully saturated rings. The van der Waals surface area contributed by atoms with Gasteiger partial charge < -0.3 is 15.8 Å². The van der Waals surface area contributed by atoms with Gasteiger partial charge in [0.15, 0.2) is 0 Å². The molecular formula is C11H13ClN2OS. The van der Waals surface area contributed by atoms with Gasteiger partial charge in [-0.1, -0.05) is 23.8 Å². The highest BCUT2D eigenvalue weighted by atomic mass is 35.5. The molecule has 3 N–H and O–H groups in total. The standard InChI is InChI=1S/C11H13ClN2OS/c12-9-5-7(11(13)16)1-2-10(9)14-8-3-4-15-6-8/h1-2,5,8,14H,3-4,6H2,(H2,13,16). The molecule has 1 aromatic rings. The molecule has 1 heterocycles. The van der Waals surface area contributed by atoms with Crippen LogP contribution in [0, 0.1) is 0 Å². The predicted octanol–water partition coefficient (Wildman–Crippen LogP) is 2.17. The lowest BCUT2D eigenvalue weighted by Crippen LogP contribution is -2.19. The van der Waals surface area contributed by atoms with Crippen LogP contribution < -0.4 is 11.1 Å². The quantitative estimate of drug-likeness (QED) is 0.814. The largest absolute Gasteiger partial charge is 0.389 e. The summed E-state index contributed by atoms with van der Waals surface area (Å²) in [7, 11) is 0. The van der Waals surface area contributed by atoms with Crippen LogP contribution in [-0.2, 0) is 4.74 Å². The van der Waals surface area contributed by atoms with E-state index in [1.807, 2.05) is 12.1 Å². The summed E-state index contributed by atoms with van der Waals surface area (Å²) >= 11 is 11.0. The van der Waals surface area contributed by atoms with Crippen molar-refractivity contribution in [3.8, 4) is 0 Å². The van der Waals surface area contributed by atoms with Gasteiger partial charge in [-0.3, -0.25) is 0 Å². The maximum Gasteiger partial charge on any atom is 0.104 e. The van der Waals surface area contributed by atoms with Crippen LogP contribution in [-0.4, -0.2) is 24.2 Å². The highest BCUT2D eigenvalue weighted by Gasteiger charge is 2.16. The lowest BCUT2D eigenvalue weighted by Gasteiger charge is -2.14. The van der Waals surface area contributed by atoms with Crippen LogP contribution in [0.4, 0.5) is 5.69 Å². The molecule has 0 aromatic heterocycles. The van der Waals surface area contributed by atoms with Gasteiger partial charge in [0, 0.05) is 12.2 Å². The molecule has 0 aliphatic carbocycles. The first-order valence-corrected chi connectivity index (χ1v) is 5.89. The van der Waals surface area contributed by atoms with Gasteiger partial charge in [-0.25, -0.2) is 0 Å². The second kappa shape index (κ2) is 4.99. The number of nitrogens with one attached hydrogen (secondary N) is 1. The number of ether oxygens (including phenoxy) is 1. The van der Waals surface area contributed by atoms with Gasteiger partial charge in [-0.15, -0.1) is 0 Å². The Morgan fingerprint density at radius 3 is 2.94 bits per heavy atom. The molecule has 0 amide bonds. The second-order valence-corrected chi connectivity index (χ2v) is 4.61. The molecule has 1 atom stereocenters. The Morgan fingerprint density at radius 1 is 1.56 bits per heavy atom. The minimum absolute atomic E-state index is 0.341. The van der Waals surface area contributed by atoms with Gasteiger partial charge >= 0.3 is 0 Å². The van der Waals surface area contributed by atoms with Crippen molar-refractivity contribution in [2.45, 2.75) is 12.5 Å². The third-order valence-corrected chi connectivity index (χ3v) is 3.09. The number of hydrogen-bond donors (Lipinski definition) is 2. The van der Waals surface area contributed by atoms with Gasteiger partial charge in [0.25, 0.3) is 0 Å². The molecule has 0 spiro atoms. The van der Waals surface area contributed by atoms with E-state index in [-0.39, 0.29) is 0 Å². The number of anilines is 1. The number of thiocarbonyl (C=S) groups is 1. The molecule has 1 aliphatic rings. The van der Waals surface area contributed by atoms with Crippen molar-refractivity contribution in [1.29, 1.82) is 0 Å². The van der Waals surface area contributed by atoms with Crippen LogP contribution in [0.25, 0.3) is 0 Å². The number of rotatable bonds is 3. The van der Waals surface area contributed by atoms with Crippen LogP contribution in [0.2, 0.25) is 5.02 Å². The van der Waals surface area contributed by atoms with Gasteiger partial charge in [-0.05, 0) is 24.6 Å². The molecule has 1 aromatic carbocycles. The topological polar surface area (TPSA) is 47.3 Å². The van der Waals surface area contributed by atoms with E-state index in [0.717, 1.165) is 30.9 Å². The molecule has 1 aliphatic heterocycles. The predicted molar refractivity (Wildman–Crippen MR) is 70.2 cm³/mol. The average Bonchev–Trinajstić information content (AvgIpc) is 2.73. The first-order chi connectivity index (χ1) is 7.66. The summed E-state index contributed by atoms with van der Waals surface area (Å²) < 4.78 is 5.28. The Bertz CT molecular complexity index is 405. The van der Waals surface area contributed by atoms with E-state index in [1.54, 1.807) is 6.07 Å². The third-order valence-electron chi connectivity index (χ3n) is 2.54. The summed E-state index contributed by atoms with van der Waals surface area (Å²) in [6.45, 7) is 1.54. The molecule has 16 heavy (non-hydrogen) atoms. The van der Waals surface area contributed by atoms with Crippen molar-refractivity contribution >= 4 is 34.5 Å². The average molecular weight is 257 g/mol. The molecular weight excluding hydrogens is 244 g/mol. The van der Waals surface area contributed by atoms with Crippen molar-refractivity contribution in [2.24, 2.45) is 5.73 Å². The number of nitrogens with two attached hydrogens (primary N) is 1. The summed E-state index contributed by atoms with van der Waals surface area (Å²) in [6.07, 6.45) is 1.01. The van der Waals surface area contributed by atoms with Crippen molar-refractivity contribution in [1.82, 2.24) is 0 Å². The molecule has 86 valence electrons. The smallest absolute Gasteiger partial charge is 0.104 e. The van der Waals surface area contributed by atoms with Crippen LogP contribution in [0.1, 0.15) is 12.0 Å². The maximum absolute atomic E-state index is 6.13. The van der Waals surface area contributed by atoms with Crippen LogP contribution in [0.15, 0.2) is 18.2 Å². The summed E-state index contributed by atoms with van der Waals surface area (Å²) in [5, 5.41) is 3.97. The van der Waals surface area contributed by atoms with Crippen LogP contribution in [0.5, 0.6) is 0 Å². The summed E-state index contributed by atoms with van der Waals surface area (Å²) in [4.78, 5) is 0.359. The first-order valence-electron chi connectivity index (χ1n) is 5.10. The maximum atomic E-state index is 6.13. The van der Waals surface area contributed by atoms with E-state index in [1.165, 1.54) is 0 Å². The van der Waals surface area contributed by atoms with Gasteiger partial charge in [0.1, 0.15) is 4.99 Å². The zero-order chi connectivity index (χ0) is 11.5. The highest BCUT2D eigenvalue weighted by Crippen LogP contribution is 2.25. The van der Waals surface area contributed by atoms with E-state index < -0.39 is 0 Å².